The van der Waals surface area contributed by atoms with Crippen LogP contribution in [0, 0.1) is 0 Å². The number of nitrogens with two attached hydrogens (primary N) is 2. The van der Waals surface area contributed by atoms with Gasteiger partial charge in [-0.3, -0.25) is 10.2 Å². The van der Waals surface area contributed by atoms with Gasteiger partial charge >= 0.3 is 0 Å². The number of hydrogen-bond acceptors (Lipinski definition) is 5. The molecule has 0 bridgehead atoms. The predicted molar refractivity (Wildman–Crippen MR) is 71.1 cm³/mol. The van der Waals surface area contributed by atoms with Crippen molar-refractivity contribution in [2.24, 2.45) is 5.84 Å². The number of aromatic nitrogens is 2. The van der Waals surface area contributed by atoms with Crippen LogP contribution in [-0.2, 0) is 0 Å². The monoisotopic (exact) mass is 245 g/mol. The lowest BCUT2D eigenvalue weighted by atomic mass is 10.1. The van der Waals surface area contributed by atoms with Gasteiger partial charge in [-0.25, -0.2) is 15.8 Å². The summed E-state index contributed by atoms with van der Waals surface area (Å²) in [7, 11) is 0. The SMILES string of the molecule is C=C/C(=C\C=C/C)c1cnc(N)c(C(=O)NN)n1. The summed E-state index contributed by atoms with van der Waals surface area (Å²) in [5.74, 6) is 4.48. The molecule has 0 saturated carbocycles. The maximum Gasteiger partial charge on any atom is 0.287 e. The molecule has 0 aromatic carbocycles. The molecule has 94 valence electrons. The van der Waals surface area contributed by atoms with Crippen molar-refractivity contribution in [2.75, 3.05) is 5.73 Å². The van der Waals surface area contributed by atoms with Crippen LogP contribution in [0.4, 0.5) is 5.82 Å². The Kier molecular flexibility index (Phi) is 4.77. The highest BCUT2D eigenvalue weighted by molar-refractivity contribution is 5.96. The fourth-order valence-electron chi connectivity index (χ4n) is 1.23. The summed E-state index contributed by atoms with van der Waals surface area (Å²) in [4.78, 5) is 19.5. The van der Waals surface area contributed by atoms with Crippen molar-refractivity contribution in [3.8, 4) is 0 Å². The number of carbonyl (C=O) groups is 1. The summed E-state index contributed by atoms with van der Waals surface area (Å²) in [5, 5.41) is 0. The molecule has 0 fully saturated rings. The minimum Gasteiger partial charge on any atom is -0.382 e. The van der Waals surface area contributed by atoms with Gasteiger partial charge < -0.3 is 5.73 Å². The maximum absolute atomic E-state index is 11.4. The highest BCUT2D eigenvalue weighted by atomic mass is 16.2. The first-order valence-corrected chi connectivity index (χ1v) is 5.23. The van der Waals surface area contributed by atoms with Gasteiger partial charge in [-0.2, -0.15) is 0 Å². The van der Waals surface area contributed by atoms with E-state index in [1.807, 2.05) is 24.5 Å². The Morgan fingerprint density at radius 3 is 2.83 bits per heavy atom. The van der Waals surface area contributed by atoms with E-state index >= 15 is 0 Å². The molecule has 0 radical (unpaired) electrons. The largest absolute Gasteiger partial charge is 0.382 e. The molecule has 0 unspecified atom stereocenters. The number of hydrazine groups is 1. The van der Waals surface area contributed by atoms with E-state index in [9.17, 15) is 4.79 Å². The molecule has 1 rings (SSSR count). The Morgan fingerprint density at radius 1 is 1.56 bits per heavy atom. The zero-order valence-electron chi connectivity index (χ0n) is 10.1. The first-order chi connectivity index (χ1) is 8.63. The Bertz CT molecular complexity index is 519. The van der Waals surface area contributed by atoms with Crippen LogP contribution in [0.5, 0.6) is 0 Å². The first-order valence-electron chi connectivity index (χ1n) is 5.23. The number of nitrogens with zero attached hydrogens (tertiary/aromatic N) is 2. The normalized spacial score (nSPS) is 11.6. The van der Waals surface area contributed by atoms with Crippen molar-refractivity contribution in [3.05, 3.63) is 48.5 Å². The second kappa shape index (κ2) is 6.31. The number of amides is 1. The minimum atomic E-state index is -0.587. The van der Waals surface area contributed by atoms with Gasteiger partial charge in [0, 0.05) is 5.57 Å². The maximum atomic E-state index is 11.4. The van der Waals surface area contributed by atoms with Crippen LogP contribution in [0.15, 0.2) is 37.1 Å². The highest BCUT2D eigenvalue weighted by Gasteiger charge is 2.13. The highest BCUT2D eigenvalue weighted by Crippen LogP contribution is 2.15. The number of hydrogen-bond donors (Lipinski definition) is 3. The van der Waals surface area contributed by atoms with Crippen molar-refractivity contribution in [1.29, 1.82) is 0 Å². The van der Waals surface area contributed by atoms with Crippen molar-refractivity contribution in [1.82, 2.24) is 15.4 Å². The van der Waals surface area contributed by atoms with E-state index in [2.05, 4.69) is 16.5 Å². The van der Waals surface area contributed by atoms with Gasteiger partial charge in [-0.05, 0) is 6.92 Å². The summed E-state index contributed by atoms with van der Waals surface area (Å²) in [5.41, 5.74) is 8.74. The lowest BCUT2D eigenvalue weighted by Crippen LogP contribution is -2.31. The predicted octanol–water partition coefficient (Wildman–Crippen LogP) is 0.808. The quantitative estimate of drug-likeness (QED) is 0.315. The molecule has 6 heteroatoms. The van der Waals surface area contributed by atoms with Crippen LogP contribution in [0.25, 0.3) is 5.57 Å². The lowest BCUT2D eigenvalue weighted by Gasteiger charge is -2.06. The average Bonchev–Trinajstić information content (AvgIpc) is 2.40. The molecule has 0 saturated heterocycles. The minimum absolute atomic E-state index is 0.0109. The third-order valence-corrected chi connectivity index (χ3v) is 2.13. The fraction of sp³-hybridized carbons (Fsp3) is 0.0833. The van der Waals surface area contributed by atoms with Gasteiger partial charge in [0.1, 0.15) is 0 Å². The van der Waals surface area contributed by atoms with E-state index in [1.54, 1.807) is 12.2 Å². The van der Waals surface area contributed by atoms with Crippen LogP contribution in [-0.4, -0.2) is 15.9 Å². The van der Waals surface area contributed by atoms with Crippen LogP contribution in [0.3, 0.4) is 0 Å². The van der Waals surface area contributed by atoms with Crippen LogP contribution in [0.2, 0.25) is 0 Å². The molecule has 5 N–H and O–H groups in total. The van der Waals surface area contributed by atoms with Crippen LogP contribution >= 0.6 is 0 Å². The third-order valence-electron chi connectivity index (χ3n) is 2.13. The molecule has 1 heterocycles. The molecule has 0 atom stereocenters. The molecule has 6 nitrogen and oxygen atoms in total. The van der Waals surface area contributed by atoms with E-state index in [0.717, 1.165) is 5.57 Å². The molecule has 0 spiro atoms. The topological polar surface area (TPSA) is 107 Å². The molecule has 1 amide bonds. The number of nitrogens with one attached hydrogen (secondary N) is 1. The van der Waals surface area contributed by atoms with Gasteiger partial charge in [0.15, 0.2) is 11.5 Å². The molecule has 1 aromatic heterocycles. The number of anilines is 1. The molecule has 18 heavy (non-hydrogen) atoms. The standard InChI is InChI=1S/C12H15N5O/c1-3-5-6-8(4-2)9-7-15-11(13)10(16-9)12(18)17-14/h3-7H,2,14H2,1H3,(H2,13,15)(H,17,18)/b5-3-,8-6+. The molecule has 0 aliphatic rings. The first kappa shape index (κ1) is 13.6. The summed E-state index contributed by atoms with van der Waals surface area (Å²) in [6, 6.07) is 0. The van der Waals surface area contributed by atoms with Gasteiger partial charge in [0.25, 0.3) is 5.91 Å². The van der Waals surface area contributed by atoms with Gasteiger partial charge in [-0.1, -0.05) is 30.9 Å². The van der Waals surface area contributed by atoms with E-state index in [1.165, 1.54) is 6.20 Å². The van der Waals surface area contributed by atoms with Gasteiger partial charge in [0.2, 0.25) is 0 Å². The van der Waals surface area contributed by atoms with E-state index < -0.39 is 5.91 Å². The van der Waals surface area contributed by atoms with Crippen LogP contribution < -0.4 is 17.0 Å². The van der Waals surface area contributed by atoms with Crippen molar-refractivity contribution >= 4 is 17.3 Å². The van der Waals surface area contributed by atoms with Crippen molar-refractivity contribution < 1.29 is 4.79 Å². The Balaban J connectivity index is 3.26. The molecule has 1 aromatic rings. The summed E-state index contributed by atoms with van der Waals surface area (Å²) < 4.78 is 0. The zero-order valence-corrected chi connectivity index (χ0v) is 10.1. The fourth-order valence-corrected chi connectivity index (χ4v) is 1.23. The number of nitrogen functional groups attached to an aromatic ring is 2. The second-order valence-corrected chi connectivity index (χ2v) is 3.31. The Labute approximate surface area is 105 Å². The van der Waals surface area contributed by atoms with E-state index in [4.69, 9.17) is 11.6 Å². The second-order valence-electron chi connectivity index (χ2n) is 3.31. The molecular weight excluding hydrogens is 230 g/mol. The number of rotatable bonds is 4. The van der Waals surface area contributed by atoms with Crippen LogP contribution in [0.1, 0.15) is 23.1 Å². The van der Waals surface area contributed by atoms with Crippen molar-refractivity contribution in [2.45, 2.75) is 6.92 Å². The lowest BCUT2D eigenvalue weighted by molar-refractivity contribution is 0.0949. The summed E-state index contributed by atoms with van der Waals surface area (Å²) in [6.45, 7) is 5.57. The number of allylic oxidation sites excluding steroid dienone is 5. The van der Waals surface area contributed by atoms with E-state index in [0.29, 0.717) is 5.69 Å². The Morgan fingerprint density at radius 2 is 2.28 bits per heavy atom. The average molecular weight is 245 g/mol. The molecule has 0 aliphatic heterocycles. The van der Waals surface area contributed by atoms with Gasteiger partial charge in [0.05, 0.1) is 11.9 Å². The summed E-state index contributed by atoms with van der Waals surface area (Å²) in [6.07, 6.45) is 8.58. The van der Waals surface area contributed by atoms with Gasteiger partial charge in [-0.15, -0.1) is 0 Å². The Hall–Kier alpha value is -2.47. The number of carbonyl (C=O) groups excluding carboxylic acids is 1. The van der Waals surface area contributed by atoms with Crippen molar-refractivity contribution in [3.63, 3.8) is 0 Å². The third kappa shape index (κ3) is 3.02. The smallest absolute Gasteiger partial charge is 0.287 e. The van der Waals surface area contributed by atoms with E-state index in [-0.39, 0.29) is 11.5 Å². The zero-order chi connectivity index (χ0) is 13.5. The molecule has 0 aliphatic carbocycles. The summed E-state index contributed by atoms with van der Waals surface area (Å²) >= 11 is 0. The molecular formula is C12H15N5O.